The van der Waals surface area contributed by atoms with Crippen LogP contribution in [0, 0.1) is 0 Å². The summed E-state index contributed by atoms with van der Waals surface area (Å²) in [5.74, 6) is 0.309. The maximum atomic E-state index is 11.8. The van der Waals surface area contributed by atoms with Gasteiger partial charge in [-0.2, -0.15) is 0 Å². The molecule has 0 fully saturated rings. The molecule has 0 radical (unpaired) electrons. The maximum absolute atomic E-state index is 11.8. The van der Waals surface area contributed by atoms with E-state index in [-0.39, 0.29) is 17.2 Å². The number of nitrogens with one attached hydrogen (secondary N) is 1. The molecule has 0 aliphatic heterocycles. The third-order valence-electron chi connectivity index (χ3n) is 2.46. The fourth-order valence-corrected chi connectivity index (χ4v) is 2.50. The Hall–Kier alpha value is -1.28. The SMILES string of the molecule is COCCNC(=O)C(C)Sc1nnc(N)n1C(C)C. The Morgan fingerprint density at radius 1 is 1.47 bits per heavy atom. The van der Waals surface area contributed by atoms with Crippen molar-refractivity contribution in [1.82, 2.24) is 20.1 Å². The van der Waals surface area contributed by atoms with Crippen molar-refractivity contribution < 1.29 is 9.53 Å². The summed E-state index contributed by atoms with van der Waals surface area (Å²) in [5.41, 5.74) is 5.75. The monoisotopic (exact) mass is 287 g/mol. The number of carbonyl (C=O) groups is 1. The molecule has 0 spiro atoms. The zero-order valence-electron chi connectivity index (χ0n) is 11.7. The number of rotatable bonds is 7. The highest BCUT2D eigenvalue weighted by atomic mass is 32.2. The van der Waals surface area contributed by atoms with Gasteiger partial charge >= 0.3 is 0 Å². The van der Waals surface area contributed by atoms with Crippen LogP contribution in [0.5, 0.6) is 0 Å². The van der Waals surface area contributed by atoms with E-state index in [0.29, 0.717) is 24.3 Å². The molecule has 1 aromatic rings. The summed E-state index contributed by atoms with van der Waals surface area (Å²) < 4.78 is 6.69. The zero-order chi connectivity index (χ0) is 14.4. The van der Waals surface area contributed by atoms with Gasteiger partial charge in [0, 0.05) is 19.7 Å². The van der Waals surface area contributed by atoms with E-state index in [4.69, 9.17) is 10.5 Å². The first-order valence-corrected chi connectivity index (χ1v) is 6.99. The first-order chi connectivity index (χ1) is 8.97. The van der Waals surface area contributed by atoms with Crippen molar-refractivity contribution in [3.63, 3.8) is 0 Å². The molecule has 1 aromatic heterocycles. The second-order valence-electron chi connectivity index (χ2n) is 4.35. The van der Waals surface area contributed by atoms with E-state index in [9.17, 15) is 4.79 Å². The van der Waals surface area contributed by atoms with Crippen LogP contribution in [0.25, 0.3) is 0 Å². The Balaban J connectivity index is 2.61. The molecule has 3 N–H and O–H groups in total. The number of amides is 1. The standard InChI is InChI=1S/C11H21N5O2S/c1-7(2)16-10(12)14-15-11(16)19-8(3)9(17)13-5-6-18-4/h7-8H,5-6H2,1-4H3,(H2,12,14)(H,13,17). The number of hydrogen-bond acceptors (Lipinski definition) is 6. The number of ether oxygens (including phenoxy) is 1. The molecular weight excluding hydrogens is 266 g/mol. The van der Waals surface area contributed by atoms with Crippen molar-refractivity contribution in [3.05, 3.63) is 0 Å². The number of methoxy groups -OCH3 is 1. The van der Waals surface area contributed by atoms with Crippen LogP contribution >= 0.6 is 11.8 Å². The Labute approximate surface area is 117 Å². The number of hydrogen-bond donors (Lipinski definition) is 2. The van der Waals surface area contributed by atoms with Crippen LogP contribution in [0.3, 0.4) is 0 Å². The summed E-state index contributed by atoms with van der Waals surface area (Å²) in [6, 6.07) is 0.154. The molecule has 108 valence electrons. The van der Waals surface area contributed by atoms with Crippen LogP contribution in [0.4, 0.5) is 5.95 Å². The highest BCUT2D eigenvalue weighted by Gasteiger charge is 2.20. The van der Waals surface area contributed by atoms with Crippen LogP contribution in [0.15, 0.2) is 5.16 Å². The first kappa shape index (κ1) is 15.8. The lowest BCUT2D eigenvalue weighted by Gasteiger charge is -2.14. The first-order valence-electron chi connectivity index (χ1n) is 6.11. The molecule has 0 aliphatic carbocycles. The lowest BCUT2D eigenvalue weighted by Crippen LogP contribution is -2.33. The van der Waals surface area contributed by atoms with Gasteiger partial charge in [-0.15, -0.1) is 10.2 Å². The number of aromatic nitrogens is 3. The van der Waals surface area contributed by atoms with E-state index < -0.39 is 0 Å². The van der Waals surface area contributed by atoms with E-state index in [1.54, 1.807) is 7.11 Å². The van der Waals surface area contributed by atoms with Gasteiger partial charge in [-0.05, 0) is 20.8 Å². The minimum Gasteiger partial charge on any atom is -0.383 e. The van der Waals surface area contributed by atoms with Crippen LogP contribution in [0.2, 0.25) is 0 Å². The Morgan fingerprint density at radius 3 is 2.74 bits per heavy atom. The second kappa shape index (κ2) is 7.34. The predicted molar refractivity (Wildman–Crippen MR) is 75.0 cm³/mol. The van der Waals surface area contributed by atoms with Crippen molar-refractivity contribution >= 4 is 23.6 Å². The number of nitrogens with two attached hydrogens (primary N) is 1. The average molecular weight is 287 g/mol. The van der Waals surface area contributed by atoms with Gasteiger partial charge in [-0.25, -0.2) is 0 Å². The van der Waals surface area contributed by atoms with Crippen LogP contribution in [-0.4, -0.2) is 46.2 Å². The number of carbonyl (C=O) groups excluding carboxylic acids is 1. The normalized spacial score (nSPS) is 12.7. The average Bonchev–Trinajstić information content (AvgIpc) is 2.70. The highest BCUT2D eigenvalue weighted by Crippen LogP contribution is 2.26. The van der Waals surface area contributed by atoms with Crippen molar-refractivity contribution in [2.45, 2.75) is 37.2 Å². The van der Waals surface area contributed by atoms with E-state index in [1.165, 1.54) is 11.8 Å². The van der Waals surface area contributed by atoms with Gasteiger partial charge in [0.2, 0.25) is 11.9 Å². The molecule has 1 rings (SSSR count). The minimum absolute atomic E-state index is 0.0565. The quantitative estimate of drug-likeness (QED) is 0.566. The zero-order valence-corrected chi connectivity index (χ0v) is 12.5. The molecule has 1 atom stereocenters. The summed E-state index contributed by atoms with van der Waals surface area (Å²) in [5, 5.41) is 11.0. The molecular formula is C11H21N5O2S. The third-order valence-corrected chi connectivity index (χ3v) is 3.52. The van der Waals surface area contributed by atoms with Gasteiger partial charge in [0.05, 0.1) is 11.9 Å². The van der Waals surface area contributed by atoms with Crippen molar-refractivity contribution in [2.75, 3.05) is 26.0 Å². The van der Waals surface area contributed by atoms with Crippen molar-refractivity contribution in [2.24, 2.45) is 0 Å². The Morgan fingerprint density at radius 2 is 2.16 bits per heavy atom. The maximum Gasteiger partial charge on any atom is 0.233 e. The second-order valence-corrected chi connectivity index (χ2v) is 5.66. The summed E-state index contributed by atoms with van der Waals surface area (Å²) in [6.07, 6.45) is 0. The van der Waals surface area contributed by atoms with Gasteiger partial charge in [-0.3, -0.25) is 9.36 Å². The van der Waals surface area contributed by atoms with Crippen molar-refractivity contribution in [1.29, 1.82) is 0 Å². The van der Waals surface area contributed by atoms with E-state index in [1.807, 2.05) is 25.3 Å². The molecule has 0 aromatic carbocycles. The van der Waals surface area contributed by atoms with Gasteiger partial charge in [-0.1, -0.05) is 11.8 Å². The fourth-order valence-electron chi connectivity index (χ4n) is 1.49. The largest absolute Gasteiger partial charge is 0.383 e. The van der Waals surface area contributed by atoms with Crippen LogP contribution < -0.4 is 11.1 Å². The molecule has 8 heteroatoms. The molecule has 0 aliphatic rings. The summed E-state index contributed by atoms with van der Waals surface area (Å²) in [4.78, 5) is 11.8. The molecule has 0 saturated carbocycles. The van der Waals surface area contributed by atoms with Crippen LogP contribution in [-0.2, 0) is 9.53 Å². The highest BCUT2D eigenvalue weighted by molar-refractivity contribution is 8.00. The predicted octanol–water partition coefficient (Wildman–Crippen LogP) is 0.684. The topological polar surface area (TPSA) is 95.1 Å². The summed E-state index contributed by atoms with van der Waals surface area (Å²) >= 11 is 1.34. The summed E-state index contributed by atoms with van der Waals surface area (Å²) in [6.45, 7) is 6.81. The van der Waals surface area contributed by atoms with E-state index in [2.05, 4.69) is 15.5 Å². The number of anilines is 1. The lowest BCUT2D eigenvalue weighted by atomic mass is 10.4. The molecule has 0 saturated heterocycles. The van der Waals surface area contributed by atoms with Gasteiger partial charge in [0.15, 0.2) is 5.16 Å². The molecule has 0 bridgehead atoms. The number of nitrogens with zero attached hydrogens (tertiary/aromatic N) is 3. The van der Waals surface area contributed by atoms with E-state index >= 15 is 0 Å². The van der Waals surface area contributed by atoms with Crippen LogP contribution in [0.1, 0.15) is 26.8 Å². The van der Waals surface area contributed by atoms with E-state index in [0.717, 1.165) is 0 Å². The van der Waals surface area contributed by atoms with Gasteiger partial charge < -0.3 is 15.8 Å². The smallest absolute Gasteiger partial charge is 0.233 e. The lowest BCUT2D eigenvalue weighted by molar-refractivity contribution is -0.120. The Kier molecular flexibility index (Phi) is 6.10. The molecule has 1 unspecified atom stereocenters. The van der Waals surface area contributed by atoms with Crippen molar-refractivity contribution in [3.8, 4) is 0 Å². The summed E-state index contributed by atoms with van der Waals surface area (Å²) in [7, 11) is 1.60. The molecule has 1 heterocycles. The van der Waals surface area contributed by atoms with Gasteiger partial charge in [0.1, 0.15) is 0 Å². The molecule has 7 nitrogen and oxygen atoms in total. The third kappa shape index (κ3) is 4.39. The van der Waals surface area contributed by atoms with Gasteiger partial charge in [0.25, 0.3) is 0 Å². The number of nitrogen functional groups attached to an aromatic ring is 1. The molecule has 1 amide bonds. The fraction of sp³-hybridized carbons (Fsp3) is 0.727. The minimum atomic E-state index is -0.266. The number of thioether (sulfide) groups is 1. The Bertz CT molecular complexity index is 421. The molecule has 19 heavy (non-hydrogen) atoms.